The summed E-state index contributed by atoms with van der Waals surface area (Å²) in [6.45, 7) is 2.64. The number of rotatable bonds is 8. The summed E-state index contributed by atoms with van der Waals surface area (Å²) < 4.78 is 0. The SMILES string of the molecule is CN(Cc1ccccc1)C(C)(C(=O)NC1CCCC1)c1ccccc1-c1cscc1C=O. The molecule has 1 saturated carbocycles. The molecule has 32 heavy (non-hydrogen) atoms. The lowest BCUT2D eigenvalue weighted by Gasteiger charge is -2.40. The Morgan fingerprint density at radius 3 is 2.47 bits per heavy atom. The number of aldehydes is 1. The molecule has 3 aromatic rings. The minimum absolute atomic E-state index is 0.0122. The van der Waals surface area contributed by atoms with Crippen molar-refractivity contribution < 1.29 is 9.59 Å². The van der Waals surface area contributed by atoms with E-state index in [1.807, 2.05) is 67.2 Å². The number of carbonyl (C=O) groups excluding carboxylic acids is 2. The summed E-state index contributed by atoms with van der Waals surface area (Å²) >= 11 is 1.51. The van der Waals surface area contributed by atoms with E-state index < -0.39 is 5.54 Å². The van der Waals surface area contributed by atoms with Gasteiger partial charge >= 0.3 is 0 Å². The smallest absolute Gasteiger partial charge is 0.245 e. The normalized spacial score (nSPS) is 16.1. The van der Waals surface area contributed by atoms with Crippen LogP contribution >= 0.6 is 11.3 Å². The molecule has 0 bridgehead atoms. The van der Waals surface area contributed by atoms with Crippen molar-refractivity contribution in [3.8, 4) is 11.1 Å². The van der Waals surface area contributed by atoms with Crippen LogP contribution in [0.1, 0.15) is 54.1 Å². The molecule has 0 saturated heterocycles. The molecule has 0 radical (unpaired) electrons. The molecule has 1 heterocycles. The molecule has 1 aliphatic rings. The van der Waals surface area contributed by atoms with Crippen LogP contribution in [-0.4, -0.2) is 30.2 Å². The molecule has 166 valence electrons. The fraction of sp³-hybridized carbons (Fsp3) is 0.333. The molecule has 4 nitrogen and oxygen atoms in total. The third-order valence-electron chi connectivity index (χ3n) is 6.72. The summed E-state index contributed by atoms with van der Waals surface area (Å²) in [6, 6.07) is 18.4. The van der Waals surface area contributed by atoms with Crippen LogP contribution in [0.2, 0.25) is 0 Å². The minimum Gasteiger partial charge on any atom is -0.351 e. The van der Waals surface area contributed by atoms with E-state index in [1.54, 1.807) is 0 Å². The molecule has 0 spiro atoms. The first-order valence-corrected chi connectivity index (χ1v) is 12.2. The Labute approximate surface area is 194 Å². The fourth-order valence-corrected chi connectivity index (χ4v) is 5.47. The van der Waals surface area contributed by atoms with E-state index in [0.29, 0.717) is 12.1 Å². The van der Waals surface area contributed by atoms with Gasteiger partial charge in [-0.3, -0.25) is 14.5 Å². The third kappa shape index (κ3) is 4.41. The first-order valence-electron chi connectivity index (χ1n) is 11.2. The van der Waals surface area contributed by atoms with E-state index in [0.717, 1.165) is 54.2 Å². The van der Waals surface area contributed by atoms with Gasteiger partial charge in [0.05, 0.1) is 0 Å². The maximum atomic E-state index is 13.9. The molecular weight excluding hydrogens is 416 g/mol. The van der Waals surface area contributed by atoms with Gasteiger partial charge < -0.3 is 5.32 Å². The summed E-state index contributed by atoms with van der Waals surface area (Å²) in [5.74, 6) is 0.0122. The molecule has 5 heteroatoms. The van der Waals surface area contributed by atoms with Crippen LogP contribution in [0.4, 0.5) is 0 Å². The van der Waals surface area contributed by atoms with Crippen LogP contribution in [0.15, 0.2) is 65.4 Å². The van der Waals surface area contributed by atoms with Crippen molar-refractivity contribution in [1.82, 2.24) is 10.2 Å². The van der Waals surface area contributed by atoms with Crippen molar-refractivity contribution in [2.24, 2.45) is 0 Å². The lowest BCUT2D eigenvalue weighted by atomic mass is 9.83. The van der Waals surface area contributed by atoms with Crippen molar-refractivity contribution in [2.75, 3.05) is 7.05 Å². The summed E-state index contributed by atoms with van der Waals surface area (Å²) in [5.41, 5.74) is 3.63. The standard InChI is InChI=1S/C27H30N2O2S/c1-27(26(31)28-22-12-6-7-13-22,29(2)16-20-10-4-3-5-11-20)25-15-9-8-14-23(25)24-19-32-18-21(24)17-30/h3-5,8-11,14-15,17-19,22H,6-7,12-13,16H2,1-2H3,(H,28,31). The fourth-order valence-electron chi connectivity index (χ4n) is 4.67. The highest BCUT2D eigenvalue weighted by Gasteiger charge is 2.42. The van der Waals surface area contributed by atoms with Crippen LogP contribution in [0.25, 0.3) is 11.1 Å². The number of carbonyl (C=O) groups is 2. The molecule has 1 amide bonds. The molecule has 1 fully saturated rings. The van der Waals surface area contributed by atoms with Crippen LogP contribution in [-0.2, 0) is 16.9 Å². The van der Waals surface area contributed by atoms with Gasteiger partial charge in [0.25, 0.3) is 0 Å². The number of likely N-dealkylation sites (N-methyl/N-ethyl adjacent to an activating group) is 1. The van der Waals surface area contributed by atoms with Gasteiger partial charge in [-0.15, -0.1) is 0 Å². The second-order valence-electron chi connectivity index (χ2n) is 8.77. The topological polar surface area (TPSA) is 49.4 Å². The summed E-state index contributed by atoms with van der Waals surface area (Å²) in [4.78, 5) is 27.7. The van der Waals surface area contributed by atoms with Crippen molar-refractivity contribution in [3.63, 3.8) is 0 Å². The first-order chi connectivity index (χ1) is 15.5. The zero-order valence-corrected chi connectivity index (χ0v) is 19.5. The van der Waals surface area contributed by atoms with Gasteiger partial charge in [0, 0.05) is 29.1 Å². The van der Waals surface area contributed by atoms with E-state index in [-0.39, 0.29) is 11.9 Å². The first kappa shape index (κ1) is 22.4. The van der Waals surface area contributed by atoms with Crippen molar-refractivity contribution >= 4 is 23.5 Å². The summed E-state index contributed by atoms with van der Waals surface area (Å²) in [7, 11) is 2.01. The van der Waals surface area contributed by atoms with Crippen LogP contribution in [0.3, 0.4) is 0 Å². The van der Waals surface area contributed by atoms with Crippen molar-refractivity contribution in [2.45, 2.75) is 50.7 Å². The highest BCUT2D eigenvalue weighted by atomic mass is 32.1. The van der Waals surface area contributed by atoms with Gasteiger partial charge in [-0.2, -0.15) is 11.3 Å². The second kappa shape index (κ2) is 9.80. The molecule has 1 aromatic heterocycles. The van der Waals surface area contributed by atoms with Crippen LogP contribution < -0.4 is 5.32 Å². The minimum atomic E-state index is -0.906. The quantitative estimate of drug-likeness (QED) is 0.456. The van der Waals surface area contributed by atoms with E-state index >= 15 is 0 Å². The molecule has 4 rings (SSSR count). The van der Waals surface area contributed by atoms with Gasteiger partial charge in [-0.1, -0.05) is 67.4 Å². The zero-order chi connectivity index (χ0) is 22.6. The van der Waals surface area contributed by atoms with E-state index in [1.165, 1.54) is 11.3 Å². The van der Waals surface area contributed by atoms with E-state index in [4.69, 9.17) is 0 Å². The van der Waals surface area contributed by atoms with Gasteiger partial charge in [-0.05, 0) is 48.9 Å². The van der Waals surface area contributed by atoms with Crippen molar-refractivity contribution in [1.29, 1.82) is 0 Å². The van der Waals surface area contributed by atoms with Crippen LogP contribution in [0.5, 0.6) is 0 Å². The van der Waals surface area contributed by atoms with E-state index in [2.05, 4.69) is 22.3 Å². The third-order valence-corrected chi connectivity index (χ3v) is 7.48. The Kier molecular flexibility index (Phi) is 6.87. The molecule has 0 aliphatic heterocycles. The molecular formula is C27H30N2O2S. The van der Waals surface area contributed by atoms with Gasteiger partial charge in [-0.25, -0.2) is 0 Å². The number of nitrogens with one attached hydrogen (secondary N) is 1. The molecule has 2 aromatic carbocycles. The number of amides is 1. The monoisotopic (exact) mass is 446 g/mol. The highest BCUT2D eigenvalue weighted by Crippen LogP contribution is 2.39. The molecule has 1 unspecified atom stereocenters. The second-order valence-corrected chi connectivity index (χ2v) is 9.52. The lowest BCUT2D eigenvalue weighted by Crippen LogP contribution is -2.54. The number of thiophene rings is 1. The molecule has 1 atom stereocenters. The maximum Gasteiger partial charge on any atom is 0.245 e. The lowest BCUT2D eigenvalue weighted by molar-refractivity contribution is -0.133. The molecule has 1 N–H and O–H groups in total. The average molecular weight is 447 g/mol. The van der Waals surface area contributed by atoms with Gasteiger partial charge in [0.2, 0.25) is 5.91 Å². The predicted molar refractivity (Wildman–Crippen MR) is 131 cm³/mol. The highest BCUT2D eigenvalue weighted by molar-refractivity contribution is 7.08. The molecule has 1 aliphatic carbocycles. The van der Waals surface area contributed by atoms with Gasteiger partial charge in [0.1, 0.15) is 5.54 Å². The van der Waals surface area contributed by atoms with Crippen molar-refractivity contribution in [3.05, 3.63) is 82.0 Å². The largest absolute Gasteiger partial charge is 0.351 e. The zero-order valence-electron chi connectivity index (χ0n) is 18.7. The van der Waals surface area contributed by atoms with Crippen LogP contribution in [0, 0.1) is 0 Å². The Morgan fingerprint density at radius 2 is 1.75 bits per heavy atom. The number of hydrogen-bond acceptors (Lipinski definition) is 4. The average Bonchev–Trinajstić information content (AvgIpc) is 3.51. The Hall–Kier alpha value is -2.76. The summed E-state index contributed by atoms with van der Waals surface area (Å²) in [6.07, 6.45) is 5.29. The number of nitrogens with zero attached hydrogens (tertiary/aromatic N) is 1. The maximum absolute atomic E-state index is 13.9. The van der Waals surface area contributed by atoms with E-state index in [9.17, 15) is 9.59 Å². The Balaban J connectivity index is 1.79. The van der Waals surface area contributed by atoms with Gasteiger partial charge in [0.15, 0.2) is 6.29 Å². The number of benzene rings is 2. The number of hydrogen-bond donors (Lipinski definition) is 1. The summed E-state index contributed by atoms with van der Waals surface area (Å²) in [5, 5.41) is 7.20. The Bertz CT molecular complexity index is 1070. The Morgan fingerprint density at radius 1 is 1.06 bits per heavy atom. The predicted octanol–water partition coefficient (Wildman–Crippen LogP) is 5.63.